The second kappa shape index (κ2) is 5.75. The zero-order chi connectivity index (χ0) is 7.82. The third kappa shape index (κ3) is 9.80. The topological polar surface area (TPSA) is 49.9 Å². The molecule has 3 heteroatoms. The van der Waals surface area contributed by atoms with Crippen molar-refractivity contribution in [2.45, 2.75) is 6.92 Å². The summed E-state index contributed by atoms with van der Waals surface area (Å²) < 4.78 is 0. The molecule has 0 saturated carbocycles. The van der Waals surface area contributed by atoms with Crippen molar-refractivity contribution < 1.29 is 9.90 Å². The quantitative estimate of drug-likeness (QED) is 0.538. The van der Waals surface area contributed by atoms with E-state index in [2.05, 4.69) is 4.98 Å². The molecule has 0 unspecified atom stereocenters. The molecule has 10 heavy (non-hydrogen) atoms. The van der Waals surface area contributed by atoms with Crippen molar-refractivity contribution in [3.05, 3.63) is 30.6 Å². The van der Waals surface area contributed by atoms with E-state index in [1.54, 1.807) is 12.4 Å². The summed E-state index contributed by atoms with van der Waals surface area (Å²) in [5.74, 6) is -1.08. The smallest absolute Gasteiger partial charge is 0.265 e. The minimum atomic E-state index is -1.08. The SMILES string of the molecule is CC([O])=O.c1ccncc1. The van der Waals surface area contributed by atoms with Gasteiger partial charge in [0.1, 0.15) is 0 Å². The van der Waals surface area contributed by atoms with E-state index in [4.69, 9.17) is 9.90 Å². The van der Waals surface area contributed by atoms with E-state index in [1.165, 1.54) is 0 Å². The molecule has 0 bridgehead atoms. The molecule has 0 N–H and O–H groups in total. The molecular weight excluding hydrogens is 130 g/mol. The number of carbonyl (C=O) groups is 1. The van der Waals surface area contributed by atoms with Crippen molar-refractivity contribution in [1.82, 2.24) is 4.98 Å². The molecule has 3 nitrogen and oxygen atoms in total. The highest BCUT2D eigenvalue weighted by molar-refractivity contribution is 5.62. The highest BCUT2D eigenvalue weighted by Gasteiger charge is 1.71. The number of hydrogen-bond donors (Lipinski definition) is 0. The highest BCUT2D eigenvalue weighted by Crippen LogP contribution is 1.73. The first-order chi connectivity index (χ1) is 4.73. The second-order valence-corrected chi connectivity index (χ2v) is 1.52. The first kappa shape index (κ1) is 8.62. The van der Waals surface area contributed by atoms with Gasteiger partial charge in [0.15, 0.2) is 0 Å². The van der Waals surface area contributed by atoms with E-state index < -0.39 is 5.97 Å². The Morgan fingerprint density at radius 2 is 1.60 bits per heavy atom. The Hall–Kier alpha value is -1.38. The maximum Gasteiger partial charge on any atom is 0.352 e. The molecule has 1 heterocycles. The maximum absolute atomic E-state index is 8.89. The molecule has 1 rings (SSSR count). The molecule has 53 valence electrons. The molecule has 0 spiro atoms. The van der Waals surface area contributed by atoms with Gasteiger partial charge in [-0.3, -0.25) is 4.98 Å². The minimum absolute atomic E-state index is 0.972. The van der Waals surface area contributed by atoms with Gasteiger partial charge in [-0.25, -0.2) is 9.90 Å². The first-order valence-corrected chi connectivity index (χ1v) is 2.76. The van der Waals surface area contributed by atoms with Crippen LogP contribution in [-0.2, 0) is 9.90 Å². The van der Waals surface area contributed by atoms with E-state index in [9.17, 15) is 0 Å². The van der Waals surface area contributed by atoms with Crippen LogP contribution in [0, 0.1) is 0 Å². The Morgan fingerprint density at radius 3 is 1.70 bits per heavy atom. The van der Waals surface area contributed by atoms with Crippen molar-refractivity contribution >= 4 is 5.97 Å². The molecule has 0 atom stereocenters. The fraction of sp³-hybridized carbons (Fsp3) is 0.143. The Kier molecular flexibility index (Phi) is 4.96. The van der Waals surface area contributed by atoms with Gasteiger partial charge in [-0.1, -0.05) is 6.07 Å². The third-order valence-corrected chi connectivity index (χ3v) is 0.566. The summed E-state index contributed by atoms with van der Waals surface area (Å²) in [6, 6.07) is 5.72. The molecule has 0 aliphatic carbocycles. The van der Waals surface area contributed by atoms with Crippen LogP contribution in [0.3, 0.4) is 0 Å². The summed E-state index contributed by atoms with van der Waals surface area (Å²) >= 11 is 0. The first-order valence-electron chi connectivity index (χ1n) is 2.76. The molecule has 1 aromatic rings. The summed E-state index contributed by atoms with van der Waals surface area (Å²) in [7, 11) is 0. The zero-order valence-electron chi connectivity index (χ0n) is 5.65. The lowest BCUT2D eigenvalue weighted by molar-refractivity contribution is -0.140. The van der Waals surface area contributed by atoms with Crippen molar-refractivity contribution in [3.63, 3.8) is 0 Å². The third-order valence-electron chi connectivity index (χ3n) is 0.566. The summed E-state index contributed by atoms with van der Waals surface area (Å²) in [5.41, 5.74) is 0. The molecule has 0 saturated heterocycles. The van der Waals surface area contributed by atoms with Crippen LogP contribution in [0.5, 0.6) is 0 Å². The van der Waals surface area contributed by atoms with Crippen molar-refractivity contribution in [2.75, 3.05) is 0 Å². The Labute approximate surface area is 59.3 Å². The standard InChI is InChI=1S/C5H5N.C2H3O2/c1-2-4-6-5-3-1;1-2(3)4/h1-5H;1H3. The lowest BCUT2D eigenvalue weighted by atomic mass is 10.5. The van der Waals surface area contributed by atoms with Gasteiger partial charge in [0.05, 0.1) is 0 Å². The lowest BCUT2D eigenvalue weighted by Gasteiger charge is -1.70. The normalized spacial score (nSPS) is 7.30. The summed E-state index contributed by atoms with van der Waals surface area (Å²) in [4.78, 5) is 12.7. The van der Waals surface area contributed by atoms with Crippen LogP contribution in [-0.4, -0.2) is 11.0 Å². The predicted molar refractivity (Wildman–Crippen MR) is 35.6 cm³/mol. The average molecular weight is 138 g/mol. The van der Waals surface area contributed by atoms with Crippen molar-refractivity contribution in [1.29, 1.82) is 0 Å². The number of pyridine rings is 1. The van der Waals surface area contributed by atoms with Gasteiger partial charge in [-0.2, -0.15) is 0 Å². The van der Waals surface area contributed by atoms with Crippen LogP contribution in [0.25, 0.3) is 0 Å². The van der Waals surface area contributed by atoms with Gasteiger partial charge in [0.2, 0.25) is 0 Å². The number of hydrogen-bond acceptors (Lipinski definition) is 2. The van der Waals surface area contributed by atoms with Crippen LogP contribution in [0.15, 0.2) is 30.6 Å². The number of nitrogens with zero attached hydrogens (tertiary/aromatic N) is 1. The number of aromatic nitrogens is 1. The summed E-state index contributed by atoms with van der Waals surface area (Å²) in [6.07, 6.45) is 3.50. The molecule has 0 aliphatic rings. The van der Waals surface area contributed by atoms with Crippen molar-refractivity contribution in [2.24, 2.45) is 0 Å². The number of rotatable bonds is 0. The van der Waals surface area contributed by atoms with E-state index >= 15 is 0 Å². The van der Waals surface area contributed by atoms with Crippen molar-refractivity contribution in [3.8, 4) is 0 Å². The fourth-order valence-electron chi connectivity index (χ4n) is 0.313. The molecule has 1 radical (unpaired) electrons. The van der Waals surface area contributed by atoms with Gasteiger partial charge < -0.3 is 0 Å². The summed E-state index contributed by atoms with van der Waals surface area (Å²) in [5, 5.41) is 8.89. The highest BCUT2D eigenvalue weighted by atomic mass is 16.4. The van der Waals surface area contributed by atoms with Gasteiger partial charge in [0.25, 0.3) is 0 Å². The van der Waals surface area contributed by atoms with Crippen LogP contribution < -0.4 is 0 Å². The molecule has 0 amide bonds. The maximum atomic E-state index is 8.89. The molecule has 0 aliphatic heterocycles. The van der Waals surface area contributed by atoms with Gasteiger partial charge in [0, 0.05) is 19.3 Å². The van der Waals surface area contributed by atoms with Crippen LogP contribution >= 0.6 is 0 Å². The van der Waals surface area contributed by atoms with E-state index in [1.807, 2.05) is 18.2 Å². The fourth-order valence-corrected chi connectivity index (χ4v) is 0.313. The molecular formula is C7H8NO2. The second-order valence-electron chi connectivity index (χ2n) is 1.52. The zero-order valence-corrected chi connectivity index (χ0v) is 5.65. The van der Waals surface area contributed by atoms with Gasteiger partial charge in [-0.05, 0) is 12.1 Å². The molecule has 0 fully saturated rings. The Balaban J connectivity index is 0.000000180. The van der Waals surface area contributed by atoms with Crippen LogP contribution in [0.2, 0.25) is 0 Å². The Bertz CT molecular complexity index is 144. The van der Waals surface area contributed by atoms with E-state index in [0.29, 0.717) is 0 Å². The van der Waals surface area contributed by atoms with Crippen LogP contribution in [0.4, 0.5) is 0 Å². The van der Waals surface area contributed by atoms with Gasteiger partial charge >= 0.3 is 5.97 Å². The van der Waals surface area contributed by atoms with Crippen LogP contribution in [0.1, 0.15) is 6.92 Å². The summed E-state index contributed by atoms with van der Waals surface area (Å²) in [6.45, 7) is 0.972. The molecule has 1 aromatic heterocycles. The number of carbonyl (C=O) groups excluding carboxylic acids is 1. The predicted octanol–water partition coefficient (Wildman–Crippen LogP) is 1.04. The van der Waals surface area contributed by atoms with E-state index in [-0.39, 0.29) is 0 Å². The monoisotopic (exact) mass is 138 g/mol. The minimum Gasteiger partial charge on any atom is -0.265 e. The largest absolute Gasteiger partial charge is 0.352 e. The van der Waals surface area contributed by atoms with E-state index in [0.717, 1.165) is 6.92 Å². The van der Waals surface area contributed by atoms with Gasteiger partial charge in [-0.15, -0.1) is 0 Å². The average Bonchev–Trinajstić information content (AvgIpc) is 1.90. The molecule has 0 aromatic carbocycles. The Morgan fingerprint density at radius 1 is 1.20 bits per heavy atom. The lowest BCUT2D eigenvalue weighted by Crippen LogP contribution is -1.74.